The molecule has 0 aliphatic heterocycles. The van der Waals surface area contributed by atoms with Gasteiger partial charge in [-0.1, -0.05) is 0 Å². The van der Waals surface area contributed by atoms with Gasteiger partial charge in [-0.2, -0.15) is 5.10 Å². The van der Waals surface area contributed by atoms with Crippen LogP contribution in [0.4, 0.5) is 5.13 Å². The quantitative estimate of drug-likeness (QED) is 0.912. The van der Waals surface area contributed by atoms with E-state index in [0.717, 1.165) is 10.6 Å². The van der Waals surface area contributed by atoms with Crippen molar-refractivity contribution in [2.24, 2.45) is 7.05 Å². The van der Waals surface area contributed by atoms with E-state index < -0.39 is 0 Å². The van der Waals surface area contributed by atoms with Crippen molar-refractivity contribution < 1.29 is 9.53 Å². The second-order valence-corrected chi connectivity index (χ2v) is 5.04. The molecule has 0 radical (unpaired) electrons. The monoisotopic (exact) mass is 266 g/mol. The fourth-order valence-corrected chi connectivity index (χ4v) is 2.19. The van der Waals surface area contributed by atoms with E-state index >= 15 is 0 Å². The number of methoxy groups -OCH3 is 1. The van der Waals surface area contributed by atoms with Crippen LogP contribution in [-0.4, -0.2) is 27.8 Å². The fourth-order valence-electron chi connectivity index (χ4n) is 1.53. The molecule has 1 N–H and O–H groups in total. The molecule has 0 saturated carbocycles. The number of nitrogens with one attached hydrogen (secondary N) is 1. The molecule has 1 amide bonds. The third-order valence-electron chi connectivity index (χ3n) is 2.30. The molecule has 18 heavy (non-hydrogen) atoms. The Morgan fingerprint density at radius 3 is 3.00 bits per heavy atom. The molecule has 2 aromatic rings. The topological polar surface area (TPSA) is 69.0 Å². The highest BCUT2D eigenvalue weighted by Gasteiger charge is 2.14. The van der Waals surface area contributed by atoms with Gasteiger partial charge < -0.3 is 4.74 Å². The summed E-state index contributed by atoms with van der Waals surface area (Å²) in [6.45, 7) is 2.32. The number of aromatic nitrogens is 3. The largest absolute Gasteiger partial charge is 0.378 e. The number of ether oxygens (including phenoxy) is 1. The van der Waals surface area contributed by atoms with Crippen LogP contribution in [0.1, 0.15) is 21.1 Å². The number of carbonyl (C=O) groups excluding carboxylic acids is 1. The maximum absolute atomic E-state index is 12.0. The van der Waals surface area contributed by atoms with Gasteiger partial charge in [-0.25, -0.2) is 4.98 Å². The van der Waals surface area contributed by atoms with E-state index in [4.69, 9.17) is 4.74 Å². The average molecular weight is 266 g/mol. The molecular weight excluding hydrogens is 252 g/mol. The zero-order chi connectivity index (χ0) is 13.1. The summed E-state index contributed by atoms with van der Waals surface area (Å²) in [4.78, 5) is 17.2. The number of hydrogen-bond donors (Lipinski definition) is 1. The molecule has 0 bridgehead atoms. The number of rotatable bonds is 4. The Kier molecular flexibility index (Phi) is 3.73. The second-order valence-electron chi connectivity index (χ2n) is 3.81. The lowest BCUT2D eigenvalue weighted by atomic mass is 10.3. The van der Waals surface area contributed by atoms with Crippen molar-refractivity contribution >= 4 is 22.4 Å². The summed E-state index contributed by atoms with van der Waals surface area (Å²) in [6, 6.07) is 1.71. The van der Waals surface area contributed by atoms with Crippen LogP contribution in [0.2, 0.25) is 0 Å². The minimum Gasteiger partial charge on any atom is -0.378 e. The molecule has 6 nitrogen and oxygen atoms in total. The first-order chi connectivity index (χ1) is 8.60. The molecule has 0 atom stereocenters. The molecule has 7 heteroatoms. The number of nitrogens with zero attached hydrogens (tertiary/aromatic N) is 3. The minimum atomic E-state index is -0.221. The van der Waals surface area contributed by atoms with E-state index in [0.29, 0.717) is 17.4 Å². The molecule has 0 aromatic carbocycles. The zero-order valence-corrected chi connectivity index (χ0v) is 11.2. The van der Waals surface area contributed by atoms with Crippen molar-refractivity contribution in [1.29, 1.82) is 0 Å². The lowest BCUT2D eigenvalue weighted by Crippen LogP contribution is -2.15. The number of anilines is 1. The van der Waals surface area contributed by atoms with Crippen molar-refractivity contribution in [3.05, 3.63) is 28.5 Å². The van der Waals surface area contributed by atoms with Crippen LogP contribution >= 0.6 is 11.3 Å². The summed E-state index contributed by atoms with van der Waals surface area (Å²) in [5.41, 5.74) is 1.20. The van der Waals surface area contributed by atoms with Crippen LogP contribution in [-0.2, 0) is 18.4 Å². The third-order valence-corrected chi connectivity index (χ3v) is 3.13. The SMILES string of the molecule is COCc1cc(C(=O)Nc2ncc(C)s2)n(C)n1. The predicted molar refractivity (Wildman–Crippen MR) is 68.7 cm³/mol. The van der Waals surface area contributed by atoms with Crippen LogP contribution in [0.3, 0.4) is 0 Å². The normalized spacial score (nSPS) is 10.6. The Balaban J connectivity index is 2.13. The lowest BCUT2D eigenvalue weighted by molar-refractivity contribution is 0.101. The highest BCUT2D eigenvalue weighted by molar-refractivity contribution is 7.15. The molecule has 0 unspecified atom stereocenters. The number of amides is 1. The summed E-state index contributed by atoms with van der Waals surface area (Å²) in [5.74, 6) is -0.221. The lowest BCUT2D eigenvalue weighted by Gasteiger charge is -2.00. The van der Waals surface area contributed by atoms with Gasteiger partial charge in [-0.3, -0.25) is 14.8 Å². The highest BCUT2D eigenvalue weighted by Crippen LogP contribution is 2.17. The first-order valence-electron chi connectivity index (χ1n) is 5.36. The van der Waals surface area contributed by atoms with Crippen molar-refractivity contribution in [3.63, 3.8) is 0 Å². The predicted octanol–water partition coefficient (Wildman–Crippen LogP) is 1.58. The van der Waals surface area contributed by atoms with Gasteiger partial charge in [0.15, 0.2) is 5.13 Å². The van der Waals surface area contributed by atoms with Crippen LogP contribution in [0.5, 0.6) is 0 Å². The van der Waals surface area contributed by atoms with Gasteiger partial charge in [-0.15, -0.1) is 11.3 Å². The first-order valence-corrected chi connectivity index (χ1v) is 6.17. The number of hydrogen-bond acceptors (Lipinski definition) is 5. The zero-order valence-electron chi connectivity index (χ0n) is 10.4. The first kappa shape index (κ1) is 12.7. The van der Waals surface area contributed by atoms with Gasteiger partial charge >= 0.3 is 0 Å². The number of thiazole rings is 1. The van der Waals surface area contributed by atoms with E-state index in [9.17, 15) is 4.79 Å². The molecular formula is C11H14N4O2S. The van der Waals surface area contributed by atoms with Crippen molar-refractivity contribution in [2.45, 2.75) is 13.5 Å². The van der Waals surface area contributed by atoms with E-state index in [1.54, 1.807) is 26.4 Å². The summed E-state index contributed by atoms with van der Waals surface area (Å²) < 4.78 is 6.51. The van der Waals surface area contributed by atoms with E-state index in [1.807, 2.05) is 6.92 Å². The Labute approximate surface area is 109 Å². The van der Waals surface area contributed by atoms with Crippen LogP contribution < -0.4 is 5.32 Å². The molecule has 0 aliphatic carbocycles. The van der Waals surface area contributed by atoms with E-state index in [2.05, 4.69) is 15.4 Å². The summed E-state index contributed by atoms with van der Waals surface area (Å²) >= 11 is 1.44. The molecule has 2 rings (SSSR count). The van der Waals surface area contributed by atoms with Gasteiger partial charge in [0, 0.05) is 25.2 Å². The smallest absolute Gasteiger partial charge is 0.275 e. The number of carbonyl (C=O) groups is 1. The molecule has 96 valence electrons. The minimum absolute atomic E-state index is 0.221. The van der Waals surface area contributed by atoms with Gasteiger partial charge in [0.2, 0.25) is 0 Å². The molecule has 0 fully saturated rings. The highest BCUT2D eigenvalue weighted by atomic mass is 32.1. The van der Waals surface area contributed by atoms with Gasteiger partial charge in [0.05, 0.1) is 12.3 Å². The molecule has 0 spiro atoms. The van der Waals surface area contributed by atoms with E-state index in [1.165, 1.54) is 16.0 Å². The maximum Gasteiger partial charge on any atom is 0.275 e. The van der Waals surface area contributed by atoms with Gasteiger partial charge in [0.25, 0.3) is 5.91 Å². The molecule has 2 heterocycles. The van der Waals surface area contributed by atoms with Crippen LogP contribution in [0, 0.1) is 6.92 Å². The fraction of sp³-hybridized carbons (Fsp3) is 0.364. The maximum atomic E-state index is 12.0. The Bertz CT molecular complexity index is 561. The van der Waals surface area contributed by atoms with Gasteiger partial charge in [-0.05, 0) is 13.0 Å². The third kappa shape index (κ3) is 2.74. The average Bonchev–Trinajstić information content (AvgIpc) is 2.86. The van der Waals surface area contributed by atoms with Crippen molar-refractivity contribution in [1.82, 2.24) is 14.8 Å². The van der Waals surface area contributed by atoms with Crippen LogP contribution in [0.25, 0.3) is 0 Å². The van der Waals surface area contributed by atoms with Crippen molar-refractivity contribution in [2.75, 3.05) is 12.4 Å². The molecule has 0 aliphatic rings. The summed E-state index contributed by atoms with van der Waals surface area (Å²) in [5, 5.41) is 7.51. The number of aryl methyl sites for hydroxylation is 2. The standard InChI is InChI=1S/C11H14N4O2S/c1-7-5-12-11(18-7)13-10(16)9-4-8(6-17-3)14-15(9)2/h4-5H,6H2,1-3H3,(H,12,13,16). The second kappa shape index (κ2) is 5.28. The summed E-state index contributed by atoms with van der Waals surface area (Å²) in [7, 11) is 3.31. The Hall–Kier alpha value is -1.73. The van der Waals surface area contributed by atoms with Crippen molar-refractivity contribution in [3.8, 4) is 0 Å². The Morgan fingerprint density at radius 2 is 2.39 bits per heavy atom. The summed E-state index contributed by atoms with van der Waals surface area (Å²) in [6.07, 6.45) is 1.72. The molecule has 2 aromatic heterocycles. The molecule has 0 saturated heterocycles. The van der Waals surface area contributed by atoms with E-state index in [-0.39, 0.29) is 5.91 Å². The Morgan fingerprint density at radius 1 is 1.61 bits per heavy atom. The van der Waals surface area contributed by atoms with Gasteiger partial charge in [0.1, 0.15) is 5.69 Å². The van der Waals surface area contributed by atoms with Crippen LogP contribution in [0.15, 0.2) is 12.3 Å².